The number of rotatable bonds is 5. The smallest absolute Gasteiger partial charge is 0.260 e. The molecule has 1 aromatic heterocycles. The Labute approximate surface area is 165 Å². The second-order valence-corrected chi connectivity index (χ2v) is 8.74. The van der Waals surface area contributed by atoms with Gasteiger partial charge in [0.25, 0.3) is 5.91 Å². The largest absolute Gasteiger partial charge is 0.484 e. The van der Waals surface area contributed by atoms with E-state index < -0.39 is 10.0 Å². The SMILES string of the molecule is Cc1nn(C)c(C)c1S(=O)(=O)N1CCCN(C(=O)COc2ccccc2)CC1. The van der Waals surface area contributed by atoms with E-state index in [1.165, 1.54) is 4.31 Å². The number of aromatic nitrogens is 2. The van der Waals surface area contributed by atoms with Crippen molar-refractivity contribution in [3.63, 3.8) is 0 Å². The van der Waals surface area contributed by atoms with Gasteiger partial charge in [-0.15, -0.1) is 0 Å². The first-order chi connectivity index (χ1) is 13.3. The molecule has 9 heteroatoms. The average Bonchev–Trinajstić information content (AvgIpc) is 2.84. The Morgan fingerprint density at radius 1 is 1.11 bits per heavy atom. The minimum atomic E-state index is -3.65. The molecule has 0 unspecified atom stereocenters. The second-order valence-electron chi connectivity index (χ2n) is 6.86. The van der Waals surface area contributed by atoms with Crippen LogP contribution in [0.3, 0.4) is 0 Å². The highest BCUT2D eigenvalue weighted by molar-refractivity contribution is 7.89. The Hall–Kier alpha value is -2.39. The average molecular weight is 407 g/mol. The van der Waals surface area contributed by atoms with Crippen molar-refractivity contribution in [1.29, 1.82) is 0 Å². The molecule has 28 heavy (non-hydrogen) atoms. The number of para-hydroxylation sites is 1. The van der Waals surface area contributed by atoms with Crippen LogP contribution in [0.5, 0.6) is 5.75 Å². The van der Waals surface area contributed by atoms with Crippen LogP contribution >= 0.6 is 0 Å². The van der Waals surface area contributed by atoms with Gasteiger partial charge in [0.2, 0.25) is 10.0 Å². The molecular weight excluding hydrogens is 380 g/mol. The highest BCUT2D eigenvalue weighted by atomic mass is 32.2. The lowest BCUT2D eigenvalue weighted by Crippen LogP contribution is -2.39. The lowest BCUT2D eigenvalue weighted by molar-refractivity contribution is -0.133. The first-order valence-corrected chi connectivity index (χ1v) is 10.7. The Bertz CT molecular complexity index is 940. The maximum atomic E-state index is 13.1. The zero-order valence-corrected chi connectivity index (χ0v) is 17.3. The van der Waals surface area contributed by atoms with Crippen molar-refractivity contribution in [3.05, 3.63) is 41.7 Å². The van der Waals surface area contributed by atoms with Crippen LogP contribution in [-0.4, -0.2) is 66.1 Å². The summed E-state index contributed by atoms with van der Waals surface area (Å²) in [4.78, 5) is 14.4. The van der Waals surface area contributed by atoms with Crippen molar-refractivity contribution in [2.45, 2.75) is 25.2 Å². The number of hydrogen-bond acceptors (Lipinski definition) is 5. The third kappa shape index (κ3) is 4.20. The van der Waals surface area contributed by atoms with Crippen LogP contribution in [0, 0.1) is 13.8 Å². The van der Waals surface area contributed by atoms with Crippen LogP contribution in [0.25, 0.3) is 0 Å². The van der Waals surface area contributed by atoms with Crippen LogP contribution in [0.15, 0.2) is 35.2 Å². The molecule has 0 N–H and O–H groups in total. The van der Waals surface area contributed by atoms with Crippen molar-refractivity contribution in [2.75, 3.05) is 32.8 Å². The molecule has 1 saturated heterocycles. The summed E-state index contributed by atoms with van der Waals surface area (Å²) >= 11 is 0. The summed E-state index contributed by atoms with van der Waals surface area (Å²) in [5.74, 6) is 0.495. The molecule has 2 aromatic rings. The standard InChI is InChI=1S/C19H26N4O4S/c1-15-19(16(2)21(3)20-15)28(25,26)23-11-7-10-22(12-13-23)18(24)14-27-17-8-5-4-6-9-17/h4-6,8-9H,7,10-14H2,1-3H3. The summed E-state index contributed by atoms with van der Waals surface area (Å²) in [5, 5.41) is 4.22. The highest BCUT2D eigenvalue weighted by Crippen LogP contribution is 2.24. The number of carbonyl (C=O) groups is 1. The van der Waals surface area contributed by atoms with Gasteiger partial charge in [0.05, 0.1) is 11.4 Å². The molecule has 152 valence electrons. The van der Waals surface area contributed by atoms with E-state index in [0.29, 0.717) is 43.2 Å². The van der Waals surface area contributed by atoms with E-state index in [0.717, 1.165) is 0 Å². The minimum Gasteiger partial charge on any atom is -0.484 e. The van der Waals surface area contributed by atoms with Crippen LogP contribution in [-0.2, 0) is 21.9 Å². The second kappa shape index (κ2) is 8.32. The van der Waals surface area contributed by atoms with Gasteiger partial charge in [-0.25, -0.2) is 8.42 Å². The van der Waals surface area contributed by atoms with Gasteiger partial charge in [-0.1, -0.05) is 18.2 Å². The third-order valence-corrected chi connectivity index (χ3v) is 7.11. The maximum absolute atomic E-state index is 13.1. The van der Waals surface area contributed by atoms with E-state index in [2.05, 4.69) is 5.10 Å². The highest BCUT2D eigenvalue weighted by Gasteiger charge is 2.32. The predicted molar refractivity (Wildman–Crippen MR) is 105 cm³/mol. The van der Waals surface area contributed by atoms with Gasteiger partial charge < -0.3 is 9.64 Å². The number of nitrogens with zero attached hydrogens (tertiary/aromatic N) is 4. The van der Waals surface area contributed by atoms with E-state index >= 15 is 0 Å². The lowest BCUT2D eigenvalue weighted by Gasteiger charge is -2.22. The predicted octanol–water partition coefficient (Wildman–Crippen LogP) is 1.34. The molecular formula is C19H26N4O4S. The van der Waals surface area contributed by atoms with E-state index in [1.54, 1.807) is 42.6 Å². The zero-order chi connectivity index (χ0) is 20.3. The molecule has 0 spiro atoms. The molecule has 0 radical (unpaired) electrons. The molecule has 0 aliphatic carbocycles. The quantitative estimate of drug-likeness (QED) is 0.748. The number of amides is 1. The number of ether oxygens (including phenoxy) is 1. The number of carbonyl (C=O) groups excluding carboxylic acids is 1. The fourth-order valence-corrected chi connectivity index (χ4v) is 5.26. The molecule has 2 heterocycles. The molecule has 1 aliphatic heterocycles. The van der Waals surface area contributed by atoms with E-state index in [1.807, 2.05) is 18.2 Å². The van der Waals surface area contributed by atoms with Crippen LogP contribution in [0.2, 0.25) is 0 Å². The number of sulfonamides is 1. The molecule has 8 nitrogen and oxygen atoms in total. The fraction of sp³-hybridized carbons (Fsp3) is 0.474. The topological polar surface area (TPSA) is 84.7 Å². The van der Waals surface area contributed by atoms with Gasteiger partial charge in [0, 0.05) is 33.2 Å². The molecule has 1 aromatic carbocycles. The van der Waals surface area contributed by atoms with Gasteiger partial charge in [-0.3, -0.25) is 9.48 Å². The fourth-order valence-electron chi connectivity index (χ4n) is 3.39. The third-order valence-electron chi connectivity index (χ3n) is 4.95. The Kier molecular flexibility index (Phi) is 6.04. The van der Waals surface area contributed by atoms with Crippen molar-refractivity contribution in [2.24, 2.45) is 7.05 Å². The van der Waals surface area contributed by atoms with Crippen molar-refractivity contribution in [1.82, 2.24) is 19.0 Å². The Balaban J connectivity index is 1.65. The number of aryl methyl sites for hydroxylation is 2. The number of hydrogen-bond donors (Lipinski definition) is 0. The van der Waals surface area contributed by atoms with Crippen LogP contribution < -0.4 is 4.74 Å². The molecule has 1 aliphatic rings. The lowest BCUT2D eigenvalue weighted by atomic mass is 10.3. The monoisotopic (exact) mass is 406 g/mol. The summed E-state index contributed by atoms with van der Waals surface area (Å²) in [6.07, 6.45) is 0.578. The first kappa shape index (κ1) is 20.3. The van der Waals surface area contributed by atoms with Crippen LogP contribution in [0.4, 0.5) is 0 Å². The van der Waals surface area contributed by atoms with Crippen LogP contribution in [0.1, 0.15) is 17.8 Å². The van der Waals surface area contributed by atoms with Gasteiger partial charge in [-0.05, 0) is 32.4 Å². The van der Waals surface area contributed by atoms with E-state index in [-0.39, 0.29) is 24.0 Å². The van der Waals surface area contributed by atoms with Crippen molar-refractivity contribution >= 4 is 15.9 Å². The summed E-state index contributed by atoms with van der Waals surface area (Å²) in [6.45, 7) is 4.88. The van der Waals surface area contributed by atoms with Gasteiger partial charge in [0.15, 0.2) is 6.61 Å². The summed E-state index contributed by atoms with van der Waals surface area (Å²) in [6, 6.07) is 9.16. The molecule has 0 bridgehead atoms. The molecule has 1 fully saturated rings. The van der Waals surface area contributed by atoms with E-state index in [9.17, 15) is 13.2 Å². The number of benzene rings is 1. The summed E-state index contributed by atoms with van der Waals surface area (Å²) in [7, 11) is -1.92. The van der Waals surface area contributed by atoms with Gasteiger partial charge in [0.1, 0.15) is 10.6 Å². The maximum Gasteiger partial charge on any atom is 0.260 e. The zero-order valence-electron chi connectivity index (χ0n) is 16.5. The molecule has 1 amide bonds. The molecule has 0 atom stereocenters. The minimum absolute atomic E-state index is 0.0580. The normalized spacial score (nSPS) is 16.0. The van der Waals surface area contributed by atoms with Gasteiger partial charge >= 0.3 is 0 Å². The van der Waals surface area contributed by atoms with Gasteiger partial charge in [-0.2, -0.15) is 9.40 Å². The Morgan fingerprint density at radius 3 is 2.46 bits per heavy atom. The summed E-state index contributed by atoms with van der Waals surface area (Å²) < 4.78 is 34.8. The van der Waals surface area contributed by atoms with Crippen molar-refractivity contribution < 1.29 is 17.9 Å². The molecule has 0 saturated carbocycles. The Morgan fingerprint density at radius 2 is 1.82 bits per heavy atom. The van der Waals surface area contributed by atoms with E-state index in [4.69, 9.17) is 4.74 Å². The molecule has 3 rings (SSSR count). The van der Waals surface area contributed by atoms with Crippen molar-refractivity contribution in [3.8, 4) is 5.75 Å². The summed E-state index contributed by atoms with van der Waals surface area (Å²) in [5.41, 5.74) is 1.11. The first-order valence-electron chi connectivity index (χ1n) is 9.26.